The smallest absolute Gasteiger partial charge is 0.328 e. The Balaban J connectivity index is 2.04. The second-order valence-corrected chi connectivity index (χ2v) is 6.38. The third-order valence-electron chi connectivity index (χ3n) is 3.96. The average molecular weight is 331 g/mol. The summed E-state index contributed by atoms with van der Waals surface area (Å²) in [5.74, 6) is -0.549. The van der Waals surface area contributed by atoms with Crippen molar-refractivity contribution in [2.75, 3.05) is 7.11 Å². The van der Waals surface area contributed by atoms with Gasteiger partial charge >= 0.3 is 5.97 Å². The van der Waals surface area contributed by atoms with E-state index in [1.54, 1.807) is 0 Å². The van der Waals surface area contributed by atoms with Crippen LogP contribution in [0.15, 0.2) is 30.5 Å². The van der Waals surface area contributed by atoms with Crippen molar-refractivity contribution in [1.82, 2.24) is 10.3 Å². The summed E-state index contributed by atoms with van der Waals surface area (Å²) in [4.78, 5) is 27.3. The largest absolute Gasteiger partial charge is 0.467 e. The molecule has 1 aromatic carbocycles. The molecule has 0 saturated heterocycles. The summed E-state index contributed by atoms with van der Waals surface area (Å²) in [6.07, 6.45) is 2.77. The molecule has 2 aromatic rings. The third kappa shape index (κ3) is 4.35. The topological polar surface area (TPSA) is 97.2 Å². The van der Waals surface area contributed by atoms with E-state index in [1.165, 1.54) is 7.11 Å². The van der Waals surface area contributed by atoms with Crippen LogP contribution in [0.5, 0.6) is 0 Å². The predicted octanol–water partition coefficient (Wildman–Crippen LogP) is 1.74. The number of aromatic amines is 1. The molecule has 130 valence electrons. The van der Waals surface area contributed by atoms with E-state index < -0.39 is 18.1 Å². The summed E-state index contributed by atoms with van der Waals surface area (Å²) in [7, 11) is 1.31. The lowest BCUT2D eigenvalue weighted by atomic mass is 10.0. The van der Waals surface area contributed by atoms with E-state index in [1.807, 2.05) is 44.3 Å². The number of carbonyl (C=O) groups is 2. The van der Waals surface area contributed by atoms with E-state index in [9.17, 15) is 9.59 Å². The SMILES string of the molecule is COC(=O)[C@H](CC(C)C)NC(=O)[C@H](N)Cc1c[nH]c2ccccc12. The summed E-state index contributed by atoms with van der Waals surface area (Å²) < 4.78 is 4.76. The van der Waals surface area contributed by atoms with Gasteiger partial charge in [0.1, 0.15) is 6.04 Å². The Kier molecular flexibility index (Phi) is 5.98. The van der Waals surface area contributed by atoms with Crippen molar-refractivity contribution in [3.8, 4) is 0 Å². The van der Waals surface area contributed by atoms with E-state index in [-0.39, 0.29) is 11.8 Å². The first-order chi connectivity index (χ1) is 11.4. The quantitative estimate of drug-likeness (QED) is 0.673. The molecule has 0 aliphatic heterocycles. The Hall–Kier alpha value is -2.34. The molecule has 24 heavy (non-hydrogen) atoms. The molecule has 6 heteroatoms. The zero-order chi connectivity index (χ0) is 17.7. The highest BCUT2D eigenvalue weighted by atomic mass is 16.5. The summed E-state index contributed by atoms with van der Waals surface area (Å²) in [6, 6.07) is 6.45. The Morgan fingerprint density at radius 2 is 2.00 bits per heavy atom. The van der Waals surface area contributed by atoms with Crippen molar-refractivity contribution in [3.63, 3.8) is 0 Å². The molecule has 4 N–H and O–H groups in total. The molecule has 0 aliphatic carbocycles. The van der Waals surface area contributed by atoms with Gasteiger partial charge in [-0.15, -0.1) is 0 Å². The summed E-state index contributed by atoms with van der Waals surface area (Å²) in [5.41, 5.74) is 8.03. The van der Waals surface area contributed by atoms with E-state index >= 15 is 0 Å². The predicted molar refractivity (Wildman–Crippen MR) is 93.4 cm³/mol. The van der Waals surface area contributed by atoms with Crippen LogP contribution < -0.4 is 11.1 Å². The molecule has 0 aliphatic rings. The van der Waals surface area contributed by atoms with Crippen molar-refractivity contribution in [1.29, 1.82) is 0 Å². The zero-order valence-electron chi connectivity index (χ0n) is 14.3. The van der Waals surface area contributed by atoms with Gasteiger partial charge in [-0.25, -0.2) is 4.79 Å². The van der Waals surface area contributed by atoms with Crippen LogP contribution in [0, 0.1) is 5.92 Å². The maximum atomic E-state index is 12.4. The summed E-state index contributed by atoms with van der Waals surface area (Å²) >= 11 is 0. The van der Waals surface area contributed by atoms with Crippen LogP contribution in [0.1, 0.15) is 25.8 Å². The first-order valence-corrected chi connectivity index (χ1v) is 8.11. The van der Waals surface area contributed by atoms with Crippen molar-refractivity contribution < 1.29 is 14.3 Å². The highest BCUT2D eigenvalue weighted by molar-refractivity contribution is 5.89. The Morgan fingerprint density at radius 1 is 1.29 bits per heavy atom. The number of esters is 1. The number of carbonyl (C=O) groups excluding carboxylic acids is 2. The van der Waals surface area contributed by atoms with Crippen LogP contribution in [0.2, 0.25) is 0 Å². The molecule has 0 saturated carbocycles. The van der Waals surface area contributed by atoms with Crippen molar-refractivity contribution in [2.24, 2.45) is 11.7 Å². The minimum atomic E-state index is -0.733. The number of amides is 1. The minimum absolute atomic E-state index is 0.249. The summed E-state index contributed by atoms with van der Waals surface area (Å²) in [6.45, 7) is 3.96. The highest BCUT2D eigenvalue weighted by Crippen LogP contribution is 2.18. The lowest BCUT2D eigenvalue weighted by Crippen LogP contribution is -2.49. The molecule has 1 heterocycles. The lowest BCUT2D eigenvalue weighted by molar-refractivity contribution is -0.145. The molecule has 1 amide bonds. The molecular formula is C18H25N3O3. The van der Waals surface area contributed by atoms with Gasteiger partial charge in [-0.1, -0.05) is 32.0 Å². The van der Waals surface area contributed by atoms with Crippen LogP contribution in [-0.2, 0) is 20.7 Å². The molecular weight excluding hydrogens is 306 g/mol. The monoisotopic (exact) mass is 331 g/mol. The Labute approximate surface area is 141 Å². The fourth-order valence-electron chi connectivity index (χ4n) is 2.74. The van der Waals surface area contributed by atoms with Gasteiger partial charge in [-0.2, -0.15) is 0 Å². The Bertz CT molecular complexity index is 708. The first kappa shape index (κ1) is 18.0. The molecule has 1 aromatic heterocycles. The molecule has 2 atom stereocenters. The van der Waals surface area contributed by atoms with Gasteiger partial charge in [0, 0.05) is 17.1 Å². The number of hydrogen-bond acceptors (Lipinski definition) is 4. The fraction of sp³-hybridized carbons (Fsp3) is 0.444. The fourth-order valence-corrected chi connectivity index (χ4v) is 2.74. The first-order valence-electron chi connectivity index (χ1n) is 8.11. The average Bonchev–Trinajstić information content (AvgIpc) is 2.96. The van der Waals surface area contributed by atoms with Crippen LogP contribution in [0.25, 0.3) is 10.9 Å². The van der Waals surface area contributed by atoms with Crippen LogP contribution in [0.4, 0.5) is 0 Å². The van der Waals surface area contributed by atoms with Gasteiger partial charge in [0.15, 0.2) is 0 Å². The van der Waals surface area contributed by atoms with Crippen LogP contribution in [-0.4, -0.2) is 36.1 Å². The normalized spacial score (nSPS) is 13.7. The number of rotatable bonds is 7. The molecule has 6 nitrogen and oxygen atoms in total. The second-order valence-electron chi connectivity index (χ2n) is 6.38. The van der Waals surface area contributed by atoms with Gasteiger partial charge in [-0.3, -0.25) is 4.79 Å². The maximum Gasteiger partial charge on any atom is 0.328 e. The van der Waals surface area contributed by atoms with Crippen molar-refractivity contribution in [2.45, 2.75) is 38.8 Å². The molecule has 2 rings (SSSR count). The van der Waals surface area contributed by atoms with Gasteiger partial charge in [0.2, 0.25) is 5.91 Å². The summed E-state index contributed by atoms with van der Waals surface area (Å²) in [5, 5.41) is 3.76. The van der Waals surface area contributed by atoms with Gasteiger partial charge in [0.05, 0.1) is 13.2 Å². The molecule has 0 radical (unpaired) electrons. The molecule has 0 unspecified atom stereocenters. The Morgan fingerprint density at radius 3 is 2.67 bits per heavy atom. The minimum Gasteiger partial charge on any atom is -0.467 e. The van der Waals surface area contributed by atoms with E-state index in [4.69, 9.17) is 10.5 Å². The van der Waals surface area contributed by atoms with E-state index in [2.05, 4.69) is 10.3 Å². The number of fused-ring (bicyclic) bond motifs is 1. The zero-order valence-corrected chi connectivity index (χ0v) is 14.3. The second kappa shape index (κ2) is 7.97. The number of H-pyrrole nitrogens is 1. The number of methoxy groups -OCH3 is 1. The third-order valence-corrected chi connectivity index (χ3v) is 3.96. The molecule has 0 fully saturated rings. The molecule has 0 spiro atoms. The van der Waals surface area contributed by atoms with Gasteiger partial charge in [-0.05, 0) is 30.4 Å². The number of nitrogens with two attached hydrogens (primary N) is 1. The van der Waals surface area contributed by atoms with Crippen molar-refractivity contribution in [3.05, 3.63) is 36.0 Å². The standard InChI is InChI=1S/C18H25N3O3/c1-11(2)8-16(18(23)24-3)21-17(22)14(19)9-12-10-20-15-7-5-4-6-13(12)15/h4-7,10-11,14,16,20H,8-9,19H2,1-3H3,(H,21,22)/t14-,16+/m1/s1. The molecule has 0 bridgehead atoms. The van der Waals surface area contributed by atoms with E-state index in [0.717, 1.165) is 16.5 Å². The maximum absolute atomic E-state index is 12.4. The van der Waals surface area contributed by atoms with Gasteiger partial charge in [0.25, 0.3) is 0 Å². The van der Waals surface area contributed by atoms with Crippen molar-refractivity contribution >= 4 is 22.8 Å². The number of hydrogen-bond donors (Lipinski definition) is 3. The van der Waals surface area contributed by atoms with Crippen LogP contribution >= 0.6 is 0 Å². The van der Waals surface area contributed by atoms with Gasteiger partial charge < -0.3 is 20.8 Å². The lowest BCUT2D eigenvalue weighted by Gasteiger charge is -2.20. The number of ether oxygens (including phenoxy) is 1. The van der Waals surface area contributed by atoms with Crippen LogP contribution in [0.3, 0.4) is 0 Å². The number of benzene rings is 1. The highest BCUT2D eigenvalue weighted by Gasteiger charge is 2.25. The number of nitrogens with one attached hydrogen (secondary N) is 2. The number of para-hydroxylation sites is 1. The van der Waals surface area contributed by atoms with E-state index in [0.29, 0.717) is 12.8 Å². The number of aromatic nitrogens is 1.